The number of hydrogen-bond donors (Lipinski definition) is 3. The van der Waals surface area contributed by atoms with E-state index in [4.69, 9.17) is 15.5 Å². The Labute approximate surface area is 228 Å². The van der Waals surface area contributed by atoms with Crippen LogP contribution in [-0.2, 0) is 20.2 Å². The number of rotatable bonds is 5. The summed E-state index contributed by atoms with van der Waals surface area (Å²) in [5.74, 6) is -0.255. The smallest absolute Gasteiger partial charge is 0.291 e. The van der Waals surface area contributed by atoms with Crippen molar-refractivity contribution in [1.82, 2.24) is 39.7 Å². The normalized spacial score (nSPS) is 23.9. The average Bonchev–Trinajstić information content (AvgIpc) is 3.65. The second kappa shape index (κ2) is 8.78. The second-order valence-corrected chi connectivity index (χ2v) is 12.8. The fourth-order valence-corrected chi connectivity index (χ4v) is 7.37. The Bertz CT molecular complexity index is 1720. The Balaban J connectivity index is 1.28. The average molecular weight is 566 g/mol. The number of nitrogen functional groups attached to an aromatic ring is 1. The van der Waals surface area contributed by atoms with E-state index in [9.17, 15) is 18.3 Å². The lowest BCUT2D eigenvalue weighted by atomic mass is 9.87. The molecule has 40 heavy (non-hydrogen) atoms. The first kappa shape index (κ1) is 25.0. The van der Waals surface area contributed by atoms with E-state index in [1.807, 2.05) is 11.0 Å². The van der Waals surface area contributed by atoms with Gasteiger partial charge in [-0.1, -0.05) is 6.07 Å². The molecular formula is C25H27N9O5S. The molecule has 0 aliphatic carbocycles. The molecule has 1 unspecified atom stereocenters. The largest absolute Gasteiger partial charge is 0.382 e. The van der Waals surface area contributed by atoms with Crippen LogP contribution in [0.15, 0.2) is 35.7 Å². The number of ether oxygens (including phenoxy) is 1. The van der Waals surface area contributed by atoms with Crippen LogP contribution in [0.5, 0.6) is 0 Å². The highest BCUT2D eigenvalue weighted by Gasteiger charge is 2.46. The number of pyridine rings is 1. The molecule has 208 valence electrons. The molecule has 3 atom stereocenters. The summed E-state index contributed by atoms with van der Waals surface area (Å²) in [5, 5.41) is 21.3. The van der Waals surface area contributed by atoms with Crippen molar-refractivity contribution in [3.8, 4) is 11.1 Å². The van der Waals surface area contributed by atoms with E-state index in [2.05, 4.69) is 25.3 Å². The molecule has 2 bridgehead atoms. The van der Waals surface area contributed by atoms with E-state index in [-0.39, 0.29) is 53.7 Å². The molecule has 3 fully saturated rings. The van der Waals surface area contributed by atoms with Crippen molar-refractivity contribution in [3.63, 3.8) is 0 Å². The lowest BCUT2D eigenvalue weighted by Gasteiger charge is -2.38. The molecule has 14 nitrogen and oxygen atoms in total. The van der Waals surface area contributed by atoms with Gasteiger partial charge in [-0.3, -0.25) is 14.9 Å². The van der Waals surface area contributed by atoms with Crippen molar-refractivity contribution < 1.29 is 23.1 Å². The molecule has 4 aromatic rings. The molecule has 0 saturated carbocycles. The van der Waals surface area contributed by atoms with Gasteiger partial charge in [0.2, 0.25) is 5.82 Å². The van der Waals surface area contributed by atoms with Crippen molar-refractivity contribution >= 4 is 27.2 Å². The monoisotopic (exact) mass is 565 g/mol. The fraction of sp³-hybridized carbons (Fsp3) is 0.440. The van der Waals surface area contributed by atoms with Gasteiger partial charge in [-0.2, -0.15) is 14.7 Å². The standard InChI is InChI=1S/C25H27N9O5S/c1-40(37,38)20-19(14-6-15-3-4-16(7-14)33(15)24(35)22-28-12-29-32-22)31-23-17(9-30-34(23)21(20)26)13-2-5-18(27-8-13)25(36)10-39-11-25/h2,5,8-9,12,14-16,36H,3-4,6-7,10-11,26H2,1H3,(H,28,29,32)/t14?,15-,16+. The van der Waals surface area contributed by atoms with Crippen LogP contribution in [0.2, 0.25) is 0 Å². The molecule has 4 N–H and O–H groups in total. The van der Waals surface area contributed by atoms with Gasteiger partial charge >= 0.3 is 0 Å². The SMILES string of the molecule is CS(=O)(=O)c1c(C2C[C@H]3CC[C@@H](C2)N3C(=O)c2ncn[nH]2)nc2c(-c3ccc(C4(O)COC4)nc3)cnn2c1N. The van der Waals surface area contributed by atoms with Gasteiger partial charge in [-0.05, 0) is 31.7 Å². The van der Waals surface area contributed by atoms with Gasteiger partial charge in [0.15, 0.2) is 21.1 Å². The first-order valence-corrected chi connectivity index (χ1v) is 14.9. The number of nitrogens with two attached hydrogens (primary N) is 1. The summed E-state index contributed by atoms with van der Waals surface area (Å²) in [5.41, 5.74) is 8.01. The maximum absolute atomic E-state index is 13.1. The van der Waals surface area contributed by atoms with Crippen molar-refractivity contribution in [2.45, 2.75) is 54.2 Å². The summed E-state index contributed by atoms with van der Waals surface area (Å²) in [6.07, 6.45) is 8.32. The summed E-state index contributed by atoms with van der Waals surface area (Å²) in [6, 6.07) is 3.37. The minimum atomic E-state index is -3.76. The quantitative estimate of drug-likeness (QED) is 0.308. The summed E-state index contributed by atoms with van der Waals surface area (Å²) in [6.45, 7) is 0.382. The van der Waals surface area contributed by atoms with Crippen LogP contribution in [0.4, 0.5) is 5.82 Å². The number of carbonyl (C=O) groups excluding carboxylic acids is 1. The Kier molecular flexibility index (Phi) is 5.49. The van der Waals surface area contributed by atoms with Gasteiger partial charge in [0, 0.05) is 41.6 Å². The van der Waals surface area contributed by atoms with E-state index < -0.39 is 15.4 Å². The Morgan fingerprint density at radius 2 is 1.93 bits per heavy atom. The van der Waals surface area contributed by atoms with E-state index >= 15 is 0 Å². The van der Waals surface area contributed by atoms with Gasteiger partial charge < -0.3 is 20.5 Å². The van der Waals surface area contributed by atoms with Crippen molar-refractivity contribution in [3.05, 3.63) is 48.1 Å². The zero-order valence-electron chi connectivity index (χ0n) is 21.6. The first-order chi connectivity index (χ1) is 19.1. The third-order valence-electron chi connectivity index (χ3n) is 8.24. The molecule has 7 rings (SSSR count). The van der Waals surface area contributed by atoms with Crippen LogP contribution < -0.4 is 5.73 Å². The fourth-order valence-electron chi connectivity index (χ4n) is 6.31. The number of nitrogens with one attached hydrogen (secondary N) is 1. The van der Waals surface area contributed by atoms with Gasteiger partial charge in [0.1, 0.15) is 17.0 Å². The molecular weight excluding hydrogens is 538 g/mol. The van der Waals surface area contributed by atoms with Crippen LogP contribution in [0.3, 0.4) is 0 Å². The number of H-pyrrole nitrogens is 1. The highest BCUT2D eigenvalue weighted by molar-refractivity contribution is 7.91. The van der Waals surface area contributed by atoms with Crippen molar-refractivity contribution in [2.24, 2.45) is 0 Å². The number of anilines is 1. The highest BCUT2D eigenvalue weighted by atomic mass is 32.2. The maximum atomic E-state index is 13.1. The summed E-state index contributed by atoms with van der Waals surface area (Å²) < 4.78 is 32.5. The number of aliphatic hydroxyl groups is 1. The second-order valence-electron chi connectivity index (χ2n) is 10.8. The van der Waals surface area contributed by atoms with Gasteiger partial charge in [-0.25, -0.2) is 18.4 Å². The third-order valence-corrected chi connectivity index (χ3v) is 9.40. The molecule has 3 aliphatic heterocycles. The Hall–Kier alpha value is -3.95. The molecule has 4 aromatic heterocycles. The number of carbonyl (C=O) groups is 1. The van der Waals surface area contributed by atoms with E-state index in [1.165, 1.54) is 10.8 Å². The van der Waals surface area contributed by atoms with Crippen LogP contribution in [0, 0.1) is 0 Å². The van der Waals surface area contributed by atoms with E-state index in [1.54, 1.807) is 18.5 Å². The number of aromatic amines is 1. The predicted octanol–water partition coefficient (Wildman–Crippen LogP) is 0.664. The van der Waals surface area contributed by atoms with Crippen LogP contribution in [0.1, 0.15) is 53.6 Å². The van der Waals surface area contributed by atoms with Crippen LogP contribution >= 0.6 is 0 Å². The highest BCUT2D eigenvalue weighted by Crippen LogP contribution is 2.45. The molecule has 3 aliphatic rings. The molecule has 3 saturated heterocycles. The molecule has 1 amide bonds. The third kappa shape index (κ3) is 3.79. The number of aromatic nitrogens is 7. The number of amides is 1. The van der Waals surface area contributed by atoms with E-state index in [0.29, 0.717) is 41.0 Å². The number of nitrogens with zero attached hydrogens (tertiary/aromatic N) is 7. The summed E-state index contributed by atoms with van der Waals surface area (Å²) in [7, 11) is -3.76. The van der Waals surface area contributed by atoms with Crippen molar-refractivity contribution in [1.29, 1.82) is 0 Å². The lowest BCUT2D eigenvalue weighted by Crippen LogP contribution is -2.47. The maximum Gasteiger partial charge on any atom is 0.291 e. The Morgan fingerprint density at radius 3 is 2.50 bits per heavy atom. The molecule has 15 heteroatoms. The van der Waals surface area contributed by atoms with Gasteiger partial charge in [0.05, 0.1) is 30.8 Å². The van der Waals surface area contributed by atoms with E-state index in [0.717, 1.165) is 19.1 Å². The number of piperidine rings is 1. The predicted molar refractivity (Wildman–Crippen MR) is 140 cm³/mol. The topological polar surface area (TPSA) is 195 Å². The lowest BCUT2D eigenvalue weighted by molar-refractivity contribution is -0.186. The molecule has 7 heterocycles. The zero-order chi connectivity index (χ0) is 27.8. The summed E-state index contributed by atoms with van der Waals surface area (Å²) >= 11 is 0. The molecule has 0 radical (unpaired) electrons. The van der Waals surface area contributed by atoms with Crippen LogP contribution in [-0.4, -0.2) is 90.6 Å². The number of fused-ring (bicyclic) bond motifs is 3. The molecule has 0 aromatic carbocycles. The van der Waals surface area contributed by atoms with Gasteiger partial charge in [-0.15, -0.1) is 0 Å². The minimum Gasteiger partial charge on any atom is -0.382 e. The van der Waals surface area contributed by atoms with Crippen LogP contribution in [0.25, 0.3) is 16.8 Å². The minimum absolute atomic E-state index is 0.00762. The Morgan fingerprint density at radius 1 is 1.18 bits per heavy atom. The summed E-state index contributed by atoms with van der Waals surface area (Å²) in [4.78, 5) is 28.3. The zero-order valence-corrected chi connectivity index (χ0v) is 22.4. The number of sulfone groups is 1. The molecule has 0 spiro atoms. The van der Waals surface area contributed by atoms with Gasteiger partial charge in [0.25, 0.3) is 5.91 Å². The van der Waals surface area contributed by atoms with Crippen molar-refractivity contribution in [2.75, 3.05) is 25.2 Å². The number of hydrogen-bond acceptors (Lipinski definition) is 11. The first-order valence-electron chi connectivity index (χ1n) is 13.0.